The van der Waals surface area contributed by atoms with Crippen LogP contribution in [0, 0.1) is 13.8 Å². The molecule has 3 nitrogen and oxygen atoms in total. The SMILES string of the molecule is Cc1cc(S(=O)(=O)C(F)(F)C(F)(F)C(F)(F)F)cc(C)c1N. The van der Waals surface area contributed by atoms with Gasteiger partial charge in [-0.05, 0) is 37.1 Å². The van der Waals surface area contributed by atoms with Crippen molar-refractivity contribution in [3.63, 3.8) is 0 Å². The van der Waals surface area contributed by atoms with E-state index in [1.807, 2.05) is 0 Å². The minimum absolute atomic E-state index is 0.00449. The summed E-state index contributed by atoms with van der Waals surface area (Å²) in [5.74, 6) is -6.75. The van der Waals surface area contributed by atoms with Crippen molar-refractivity contribution in [1.29, 1.82) is 0 Å². The number of nitrogen functional groups attached to an aromatic ring is 1. The summed E-state index contributed by atoms with van der Waals surface area (Å²) in [5, 5.41) is -6.37. The zero-order valence-electron chi connectivity index (χ0n) is 11.1. The summed E-state index contributed by atoms with van der Waals surface area (Å²) in [4.78, 5) is -1.37. The molecule has 11 heteroatoms. The average molecular weight is 353 g/mol. The monoisotopic (exact) mass is 353 g/mol. The van der Waals surface area contributed by atoms with Crippen LogP contribution < -0.4 is 5.73 Å². The van der Waals surface area contributed by atoms with E-state index < -0.39 is 32.1 Å². The van der Waals surface area contributed by atoms with Crippen LogP contribution in [0.1, 0.15) is 11.1 Å². The molecule has 1 aromatic carbocycles. The Bertz CT molecular complexity index is 672. The van der Waals surface area contributed by atoms with E-state index in [2.05, 4.69) is 0 Å². The van der Waals surface area contributed by atoms with Crippen molar-refractivity contribution in [2.75, 3.05) is 5.73 Å². The first-order chi connectivity index (χ1) is 9.57. The molecule has 0 bridgehead atoms. The number of hydrogen-bond acceptors (Lipinski definition) is 3. The number of hydrogen-bond donors (Lipinski definition) is 1. The van der Waals surface area contributed by atoms with Crippen LogP contribution in [0.25, 0.3) is 0 Å². The number of sulfone groups is 1. The Morgan fingerprint density at radius 2 is 1.27 bits per heavy atom. The molecule has 0 aliphatic carbocycles. The standard InChI is InChI=1S/C11H10F7NO2S/c1-5-3-7(4-6(2)8(5)19)22(20,21)11(17,18)9(12,13)10(14,15)16/h3-4H,19H2,1-2H3. The van der Waals surface area contributed by atoms with Gasteiger partial charge in [0.15, 0.2) is 0 Å². The minimum Gasteiger partial charge on any atom is -0.398 e. The highest BCUT2D eigenvalue weighted by Gasteiger charge is 2.78. The van der Waals surface area contributed by atoms with Crippen LogP contribution in [0.4, 0.5) is 36.4 Å². The van der Waals surface area contributed by atoms with Crippen molar-refractivity contribution in [1.82, 2.24) is 0 Å². The fraction of sp³-hybridized carbons (Fsp3) is 0.455. The van der Waals surface area contributed by atoms with Gasteiger partial charge in [0.05, 0.1) is 4.90 Å². The molecule has 1 aromatic rings. The Hall–Kier alpha value is -1.52. The summed E-state index contributed by atoms with van der Waals surface area (Å²) in [6, 6.07) is 1.02. The Morgan fingerprint density at radius 3 is 1.59 bits per heavy atom. The van der Waals surface area contributed by atoms with Crippen molar-refractivity contribution >= 4 is 15.5 Å². The maximum absolute atomic E-state index is 13.4. The van der Waals surface area contributed by atoms with Crippen LogP contribution in [0.5, 0.6) is 0 Å². The molecule has 0 aliphatic rings. The van der Waals surface area contributed by atoms with Gasteiger partial charge in [-0.15, -0.1) is 0 Å². The van der Waals surface area contributed by atoms with E-state index in [9.17, 15) is 39.2 Å². The van der Waals surface area contributed by atoms with Gasteiger partial charge in [-0.1, -0.05) is 0 Å². The smallest absolute Gasteiger partial charge is 0.398 e. The van der Waals surface area contributed by atoms with Gasteiger partial charge in [-0.2, -0.15) is 30.7 Å². The molecule has 0 fully saturated rings. The first-order valence-electron chi connectivity index (χ1n) is 5.51. The molecule has 2 N–H and O–H groups in total. The second-order valence-electron chi connectivity index (χ2n) is 4.56. The van der Waals surface area contributed by atoms with Crippen molar-refractivity contribution in [2.24, 2.45) is 0 Å². The lowest BCUT2D eigenvalue weighted by Crippen LogP contribution is -2.55. The van der Waals surface area contributed by atoms with E-state index >= 15 is 0 Å². The van der Waals surface area contributed by atoms with Crippen molar-refractivity contribution < 1.29 is 39.2 Å². The number of halogens is 7. The number of rotatable bonds is 3. The van der Waals surface area contributed by atoms with Crippen LogP contribution >= 0.6 is 0 Å². The number of benzene rings is 1. The first-order valence-corrected chi connectivity index (χ1v) is 6.99. The summed E-state index contributed by atoms with van der Waals surface area (Å²) < 4.78 is 112. The number of nitrogens with two attached hydrogens (primary N) is 1. The zero-order valence-corrected chi connectivity index (χ0v) is 11.9. The lowest BCUT2D eigenvalue weighted by molar-refractivity contribution is -0.332. The van der Waals surface area contributed by atoms with E-state index in [-0.39, 0.29) is 16.8 Å². The summed E-state index contributed by atoms with van der Waals surface area (Å²) in [5.41, 5.74) is 5.35. The van der Waals surface area contributed by atoms with Gasteiger partial charge in [0, 0.05) is 5.69 Å². The number of alkyl halides is 7. The van der Waals surface area contributed by atoms with E-state index in [0.29, 0.717) is 12.1 Å². The van der Waals surface area contributed by atoms with Gasteiger partial charge >= 0.3 is 17.4 Å². The van der Waals surface area contributed by atoms with Crippen molar-refractivity contribution in [2.45, 2.75) is 36.1 Å². The molecule has 0 amide bonds. The highest BCUT2D eigenvalue weighted by molar-refractivity contribution is 7.92. The van der Waals surface area contributed by atoms with Crippen LogP contribution in [0.15, 0.2) is 17.0 Å². The maximum Gasteiger partial charge on any atom is 0.461 e. The average Bonchev–Trinajstić information content (AvgIpc) is 2.33. The Balaban J connectivity index is 3.60. The second kappa shape index (κ2) is 5.00. The lowest BCUT2D eigenvalue weighted by Gasteiger charge is -2.28. The fourth-order valence-corrected chi connectivity index (χ4v) is 2.98. The van der Waals surface area contributed by atoms with Crippen LogP contribution in [-0.4, -0.2) is 25.8 Å². The Kier molecular flexibility index (Phi) is 4.21. The highest BCUT2D eigenvalue weighted by Crippen LogP contribution is 2.50. The zero-order chi connectivity index (χ0) is 17.7. The normalized spacial score (nSPS) is 14.2. The Labute approximate surface area is 120 Å². The van der Waals surface area contributed by atoms with Gasteiger partial charge in [0.1, 0.15) is 0 Å². The van der Waals surface area contributed by atoms with Crippen LogP contribution in [-0.2, 0) is 9.84 Å². The summed E-state index contributed by atoms with van der Waals surface area (Å²) in [6.45, 7) is 2.39. The van der Waals surface area contributed by atoms with E-state index in [4.69, 9.17) is 5.73 Å². The third kappa shape index (κ3) is 2.50. The molecule has 0 saturated carbocycles. The largest absolute Gasteiger partial charge is 0.461 e. The molecular formula is C11H10F7NO2S. The molecule has 0 atom stereocenters. The molecule has 0 heterocycles. The summed E-state index contributed by atoms with van der Waals surface area (Å²) in [7, 11) is -6.30. The van der Waals surface area contributed by atoms with Gasteiger partial charge in [0.25, 0.3) is 0 Å². The van der Waals surface area contributed by atoms with Crippen LogP contribution in [0.2, 0.25) is 0 Å². The van der Waals surface area contributed by atoms with Crippen LogP contribution in [0.3, 0.4) is 0 Å². The van der Waals surface area contributed by atoms with Crippen molar-refractivity contribution in [3.8, 4) is 0 Å². The molecule has 0 saturated heterocycles. The molecule has 1 rings (SSSR count). The molecule has 0 aromatic heterocycles. The fourth-order valence-electron chi connectivity index (χ4n) is 1.57. The highest BCUT2D eigenvalue weighted by atomic mass is 32.2. The first kappa shape index (κ1) is 18.5. The quantitative estimate of drug-likeness (QED) is 0.669. The maximum atomic E-state index is 13.4. The number of anilines is 1. The molecule has 0 radical (unpaired) electrons. The molecular weight excluding hydrogens is 343 g/mol. The van der Waals surface area contributed by atoms with Crippen molar-refractivity contribution in [3.05, 3.63) is 23.3 Å². The summed E-state index contributed by atoms with van der Waals surface area (Å²) in [6.07, 6.45) is -6.73. The van der Waals surface area contributed by atoms with Gasteiger partial charge < -0.3 is 5.73 Å². The third-order valence-electron chi connectivity index (χ3n) is 2.94. The van der Waals surface area contributed by atoms with Gasteiger partial charge in [-0.25, -0.2) is 8.42 Å². The minimum atomic E-state index is -6.75. The van der Waals surface area contributed by atoms with Gasteiger partial charge in [0.2, 0.25) is 9.84 Å². The predicted octanol–water partition coefficient (Wildman–Crippen LogP) is 3.45. The van der Waals surface area contributed by atoms with E-state index in [1.54, 1.807) is 0 Å². The van der Waals surface area contributed by atoms with E-state index in [1.165, 1.54) is 13.8 Å². The summed E-state index contributed by atoms with van der Waals surface area (Å²) >= 11 is 0. The molecule has 126 valence electrons. The molecule has 0 aliphatic heterocycles. The third-order valence-corrected chi connectivity index (χ3v) is 4.72. The Morgan fingerprint density at radius 1 is 0.909 bits per heavy atom. The lowest BCUT2D eigenvalue weighted by atomic mass is 10.1. The molecule has 22 heavy (non-hydrogen) atoms. The van der Waals surface area contributed by atoms with Gasteiger partial charge in [-0.3, -0.25) is 0 Å². The molecule has 0 unspecified atom stereocenters. The second-order valence-corrected chi connectivity index (χ2v) is 6.55. The predicted molar refractivity (Wildman–Crippen MR) is 63.5 cm³/mol. The van der Waals surface area contributed by atoms with E-state index in [0.717, 1.165) is 0 Å². The molecule has 0 spiro atoms. The number of aryl methyl sites for hydroxylation is 2. The topological polar surface area (TPSA) is 60.2 Å².